The van der Waals surface area contributed by atoms with Gasteiger partial charge in [-0.2, -0.15) is 0 Å². The Kier molecular flexibility index (Phi) is 7.13. The fourth-order valence-corrected chi connectivity index (χ4v) is 4.70. The van der Waals surface area contributed by atoms with Crippen molar-refractivity contribution in [2.45, 2.75) is 32.8 Å². The average molecular weight is 539 g/mol. The van der Waals surface area contributed by atoms with Crippen molar-refractivity contribution in [1.82, 2.24) is 9.78 Å². The lowest BCUT2D eigenvalue weighted by molar-refractivity contribution is 0.0634. The van der Waals surface area contributed by atoms with Crippen molar-refractivity contribution in [2.24, 2.45) is 0 Å². The van der Waals surface area contributed by atoms with Crippen LogP contribution in [-0.4, -0.2) is 47.3 Å². The molecule has 0 saturated heterocycles. The first kappa shape index (κ1) is 26.7. The maximum atomic E-state index is 14.0. The zero-order valence-corrected chi connectivity index (χ0v) is 22.8. The van der Waals surface area contributed by atoms with Crippen molar-refractivity contribution in [1.29, 1.82) is 0 Å². The second kappa shape index (κ2) is 10.7. The minimum absolute atomic E-state index is 0.247. The fourth-order valence-electron chi connectivity index (χ4n) is 4.70. The van der Waals surface area contributed by atoms with Crippen LogP contribution in [-0.2, 0) is 11.2 Å². The Morgan fingerprint density at radius 1 is 0.975 bits per heavy atom. The second-order valence-electron chi connectivity index (χ2n) is 10.4. The summed E-state index contributed by atoms with van der Waals surface area (Å²) in [7, 11) is 1.58. The van der Waals surface area contributed by atoms with Gasteiger partial charge in [-0.25, -0.2) is 9.48 Å². The minimum atomic E-state index is -0.687. The third-order valence-corrected chi connectivity index (χ3v) is 6.53. The summed E-state index contributed by atoms with van der Waals surface area (Å²) < 4.78 is 12.2. The summed E-state index contributed by atoms with van der Waals surface area (Å²) in [6.45, 7) is 5.74. The van der Waals surface area contributed by atoms with E-state index in [-0.39, 0.29) is 11.7 Å². The number of anilines is 2. The molecular weight excluding hydrogens is 508 g/mol. The zero-order valence-electron chi connectivity index (χ0n) is 22.8. The lowest BCUT2D eigenvalue weighted by atomic mass is 9.99. The van der Waals surface area contributed by atoms with Crippen molar-refractivity contribution in [3.05, 3.63) is 89.6 Å². The maximum absolute atomic E-state index is 14.0. The third-order valence-electron chi connectivity index (χ3n) is 6.53. The quantitative estimate of drug-likeness (QED) is 0.306. The summed E-state index contributed by atoms with van der Waals surface area (Å²) in [4.78, 5) is 39.7. The molecule has 1 N–H and O–H groups in total. The van der Waals surface area contributed by atoms with E-state index in [1.165, 1.54) is 0 Å². The Hall–Kier alpha value is -4.92. The van der Waals surface area contributed by atoms with Crippen molar-refractivity contribution >= 4 is 29.8 Å². The van der Waals surface area contributed by atoms with Gasteiger partial charge >= 0.3 is 6.09 Å². The molecule has 0 aliphatic carbocycles. The highest BCUT2D eigenvalue weighted by Gasteiger charge is 2.34. The molecule has 2 heterocycles. The van der Waals surface area contributed by atoms with E-state index in [1.54, 1.807) is 67.8 Å². The Morgan fingerprint density at radius 2 is 1.65 bits per heavy atom. The molecule has 0 radical (unpaired) electrons. The maximum Gasteiger partial charge on any atom is 0.413 e. The van der Waals surface area contributed by atoms with Gasteiger partial charge in [0.1, 0.15) is 17.0 Å². The number of benzene rings is 3. The van der Waals surface area contributed by atoms with Gasteiger partial charge in [0.15, 0.2) is 12.1 Å². The van der Waals surface area contributed by atoms with Gasteiger partial charge < -0.3 is 14.4 Å². The third kappa shape index (κ3) is 5.31. The van der Waals surface area contributed by atoms with Gasteiger partial charge in [0.25, 0.3) is 5.91 Å². The average Bonchev–Trinajstić information content (AvgIpc) is 3.31. The van der Waals surface area contributed by atoms with Crippen LogP contribution < -0.4 is 15.0 Å². The number of hydrogen-bond acceptors (Lipinski definition) is 6. The first-order valence-corrected chi connectivity index (χ1v) is 12.9. The van der Waals surface area contributed by atoms with Crippen LogP contribution in [0, 0.1) is 0 Å². The van der Waals surface area contributed by atoms with E-state index in [1.807, 2.05) is 42.5 Å². The van der Waals surface area contributed by atoms with Crippen LogP contribution in [0.25, 0.3) is 16.8 Å². The molecule has 0 unspecified atom stereocenters. The lowest BCUT2D eigenvalue weighted by Gasteiger charge is -2.28. The van der Waals surface area contributed by atoms with E-state index in [0.717, 1.165) is 17.4 Å². The summed E-state index contributed by atoms with van der Waals surface area (Å²) in [5.41, 5.74) is 3.97. The minimum Gasteiger partial charge on any atom is -0.497 e. The normalized spacial score (nSPS) is 13.0. The monoisotopic (exact) mass is 538 g/mol. The van der Waals surface area contributed by atoms with E-state index in [0.29, 0.717) is 46.9 Å². The molecule has 2 amide bonds. The van der Waals surface area contributed by atoms with Gasteiger partial charge in [0.05, 0.1) is 12.8 Å². The van der Waals surface area contributed by atoms with Crippen LogP contribution in [0.1, 0.15) is 47.2 Å². The SMILES string of the molecule is COc1ccc(-n2nc(NC(=O)OC(C)(C)C)c3c2C(=O)N(c2ccc(-c4ccccc4C=O)cc2)CC3)cc1. The molecule has 0 fully saturated rings. The van der Waals surface area contributed by atoms with Crippen molar-refractivity contribution < 1.29 is 23.9 Å². The van der Waals surface area contributed by atoms with Gasteiger partial charge in [0, 0.05) is 23.4 Å². The van der Waals surface area contributed by atoms with Crippen LogP contribution >= 0.6 is 0 Å². The highest BCUT2D eigenvalue weighted by Crippen LogP contribution is 2.33. The summed E-state index contributed by atoms with van der Waals surface area (Å²) in [6, 6.07) is 22.1. The molecule has 0 spiro atoms. The van der Waals surface area contributed by atoms with Crippen molar-refractivity contribution in [3.8, 4) is 22.6 Å². The molecule has 0 atom stereocenters. The molecule has 1 aromatic heterocycles. The number of amides is 2. The highest BCUT2D eigenvalue weighted by atomic mass is 16.6. The number of hydrogen-bond donors (Lipinski definition) is 1. The van der Waals surface area contributed by atoms with Crippen LogP contribution in [0.15, 0.2) is 72.8 Å². The molecule has 5 rings (SSSR count). The number of carbonyl (C=O) groups excluding carboxylic acids is 3. The predicted molar refractivity (Wildman–Crippen MR) is 153 cm³/mol. The molecule has 1 aliphatic heterocycles. The Morgan fingerprint density at radius 3 is 2.30 bits per heavy atom. The number of ether oxygens (including phenoxy) is 2. The Balaban J connectivity index is 1.50. The second-order valence-corrected chi connectivity index (χ2v) is 10.4. The van der Waals surface area contributed by atoms with Crippen LogP contribution in [0.4, 0.5) is 16.3 Å². The molecule has 1 aliphatic rings. The number of aromatic nitrogens is 2. The molecule has 3 aromatic carbocycles. The smallest absolute Gasteiger partial charge is 0.413 e. The standard InChI is InChI=1S/C31H30N4O5/c1-31(2,3)40-30(38)32-28-26-17-18-34(22-11-9-20(10-12-22)25-8-6-5-7-21(25)19-36)29(37)27(26)35(33-28)23-13-15-24(39-4)16-14-23/h5-16,19H,17-18H2,1-4H3,(H,32,33,38). The fraction of sp³-hybridized carbons (Fsp3) is 0.226. The molecule has 204 valence electrons. The van der Waals surface area contributed by atoms with E-state index >= 15 is 0 Å². The van der Waals surface area contributed by atoms with Gasteiger partial charge in [-0.15, -0.1) is 5.10 Å². The number of fused-ring (bicyclic) bond motifs is 1. The van der Waals surface area contributed by atoms with E-state index in [4.69, 9.17) is 9.47 Å². The van der Waals surface area contributed by atoms with Crippen LogP contribution in [0.5, 0.6) is 5.75 Å². The number of carbonyl (C=O) groups is 3. The number of aldehydes is 1. The van der Waals surface area contributed by atoms with Crippen LogP contribution in [0.3, 0.4) is 0 Å². The summed E-state index contributed by atoms with van der Waals surface area (Å²) in [5, 5.41) is 7.36. The van der Waals surface area contributed by atoms with E-state index in [2.05, 4.69) is 10.4 Å². The van der Waals surface area contributed by atoms with Gasteiger partial charge in [-0.3, -0.25) is 14.9 Å². The molecule has 0 saturated carbocycles. The molecule has 0 bridgehead atoms. The zero-order chi connectivity index (χ0) is 28.4. The van der Waals surface area contributed by atoms with Gasteiger partial charge in [-0.05, 0) is 74.7 Å². The first-order valence-electron chi connectivity index (χ1n) is 12.9. The number of nitrogens with one attached hydrogen (secondary N) is 1. The van der Waals surface area contributed by atoms with Crippen molar-refractivity contribution in [2.75, 3.05) is 23.9 Å². The first-order chi connectivity index (χ1) is 19.2. The topological polar surface area (TPSA) is 103 Å². The Bertz CT molecular complexity index is 1570. The highest BCUT2D eigenvalue weighted by molar-refractivity contribution is 6.09. The van der Waals surface area contributed by atoms with Gasteiger partial charge in [-0.1, -0.05) is 36.4 Å². The summed E-state index contributed by atoms with van der Waals surface area (Å²) in [5.74, 6) is 0.706. The van der Waals surface area contributed by atoms with E-state index in [9.17, 15) is 14.4 Å². The van der Waals surface area contributed by atoms with Crippen molar-refractivity contribution in [3.63, 3.8) is 0 Å². The molecule has 9 nitrogen and oxygen atoms in total. The molecule has 9 heteroatoms. The largest absolute Gasteiger partial charge is 0.497 e. The van der Waals surface area contributed by atoms with E-state index < -0.39 is 11.7 Å². The summed E-state index contributed by atoms with van der Waals surface area (Å²) >= 11 is 0. The number of methoxy groups -OCH3 is 1. The van der Waals surface area contributed by atoms with Gasteiger partial charge in [0.2, 0.25) is 0 Å². The number of nitrogens with zero attached hydrogens (tertiary/aromatic N) is 3. The van der Waals surface area contributed by atoms with Crippen LogP contribution in [0.2, 0.25) is 0 Å². The molecular formula is C31H30N4O5. The predicted octanol–water partition coefficient (Wildman–Crippen LogP) is 5.91. The summed E-state index contributed by atoms with van der Waals surface area (Å²) in [6.07, 6.45) is 0.663. The molecule has 40 heavy (non-hydrogen) atoms. The number of rotatable bonds is 6. The lowest BCUT2D eigenvalue weighted by Crippen LogP contribution is -2.39. The molecule has 4 aromatic rings. The Labute approximate surface area is 232 Å².